The molecule has 1 aliphatic rings. The molecule has 1 atom stereocenters. The summed E-state index contributed by atoms with van der Waals surface area (Å²) in [4.78, 5) is 18.5. The van der Waals surface area contributed by atoms with Crippen LogP contribution in [0, 0.1) is 0 Å². The average molecular weight is 274 g/mol. The highest BCUT2D eigenvalue weighted by atomic mass is 16.2. The van der Waals surface area contributed by atoms with E-state index in [2.05, 4.69) is 20.3 Å². The van der Waals surface area contributed by atoms with E-state index in [1.807, 2.05) is 24.1 Å². The van der Waals surface area contributed by atoms with Crippen molar-refractivity contribution in [3.8, 4) is 0 Å². The number of hydrogen-bond donors (Lipinski definition) is 1. The molecule has 2 aromatic heterocycles. The number of rotatable bonds is 3. The first kappa shape index (κ1) is 12.8. The Morgan fingerprint density at radius 1 is 1.45 bits per heavy atom. The van der Waals surface area contributed by atoms with Crippen molar-refractivity contribution in [2.75, 3.05) is 13.1 Å². The minimum absolute atomic E-state index is 0.129. The molecule has 7 heteroatoms. The second-order valence-corrected chi connectivity index (χ2v) is 5.13. The molecule has 1 N–H and O–H groups in total. The molecular formula is C13H18N6O. The van der Waals surface area contributed by atoms with Crippen molar-refractivity contribution < 1.29 is 4.79 Å². The molecule has 3 rings (SSSR count). The van der Waals surface area contributed by atoms with Crippen LogP contribution in [0.5, 0.6) is 0 Å². The van der Waals surface area contributed by atoms with E-state index in [1.165, 1.54) is 6.33 Å². The van der Waals surface area contributed by atoms with Gasteiger partial charge in [-0.2, -0.15) is 10.2 Å². The molecule has 3 heterocycles. The molecule has 106 valence electrons. The van der Waals surface area contributed by atoms with Crippen LogP contribution in [-0.2, 0) is 4.79 Å². The van der Waals surface area contributed by atoms with E-state index in [0.717, 1.165) is 31.8 Å². The molecule has 1 fully saturated rings. The Balaban J connectivity index is 1.59. The predicted octanol–water partition coefficient (Wildman–Crippen LogP) is 0.968. The number of aromatic nitrogens is 5. The molecule has 1 amide bonds. The van der Waals surface area contributed by atoms with Gasteiger partial charge in [-0.3, -0.25) is 14.6 Å². The molecule has 0 unspecified atom stereocenters. The Bertz CT molecular complexity index is 541. The highest BCUT2D eigenvalue weighted by Gasteiger charge is 2.28. The summed E-state index contributed by atoms with van der Waals surface area (Å²) in [6.07, 6.45) is 6.90. The first-order valence-corrected chi connectivity index (χ1v) is 6.89. The van der Waals surface area contributed by atoms with Crippen molar-refractivity contribution in [1.82, 2.24) is 29.9 Å². The molecule has 0 bridgehead atoms. The van der Waals surface area contributed by atoms with Crippen LogP contribution in [0.2, 0.25) is 0 Å². The SMILES string of the molecule is C[C@H](C(=O)N1CCC(c2ncn[nH]2)CC1)n1cccn1. The van der Waals surface area contributed by atoms with Crippen LogP contribution in [0.3, 0.4) is 0 Å². The lowest BCUT2D eigenvalue weighted by molar-refractivity contribution is -0.135. The van der Waals surface area contributed by atoms with Crippen LogP contribution in [0.25, 0.3) is 0 Å². The van der Waals surface area contributed by atoms with Crippen molar-refractivity contribution in [3.05, 3.63) is 30.6 Å². The van der Waals surface area contributed by atoms with E-state index < -0.39 is 0 Å². The Hall–Kier alpha value is -2.18. The van der Waals surface area contributed by atoms with Gasteiger partial charge >= 0.3 is 0 Å². The first-order chi connectivity index (χ1) is 9.75. The fourth-order valence-electron chi connectivity index (χ4n) is 2.67. The van der Waals surface area contributed by atoms with Crippen molar-refractivity contribution in [2.45, 2.75) is 31.7 Å². The lowest BCUT2D eigenvalue weighted by Gasteiger charge is -2.32. The molecule has 0 spiro atoms. The van der Waals surface area contributed by atoms with Crippen LogP contribution in [0.4, 0.5) is 0 Å². The molecule has 1 saturated heterocycles. The number of likely N-dealkylation sites (tertiary alicyclic amines) is 1. The van der Waals surface area contributed by atoms with Gasteiger partial charge in [0.1, 0.15) is 18.2 Å². The van der Waals surface area contributed by atoms with Crippen LogP contribution in [0.1, 0.15) is 37.5 Å². The van der Waals surface area contributed by atoms with E-state index in [9.17, 15) is 4.79 Å². The zero-order chi connectivity index (χ0) is 13.9. The van der Waals surface area contributed by atoms with Gasteiger partial charge in [0.15, 0.2) is 0 Å². The maximum absolute atomic E-state index is 12.4. The maximum atomic E-state index is 12.4. The minimum Gasteiger partial charge on any atom is -0.341 e. The maximum Gasteiger partial charge on any atom is 0.247 e. The number of carbonyl (C=O) groups excluding carboxylic acids is 1. The van der Waals surface area contributed by atoms with Gasteiger partial charge in [-0.05, 0) is 25.8 Å². The molecule has 20 heavy (non-hydrogen) atoms. The van der Waals surface area contributed by atoms with Gasteiger partial charge in [0, 0.05) is 31.4 Å². The van der Waals surface area contributed by atoms with Crippen LogP contribution in [0.15, 0.2) is 24.8 Å². The van der Waals surface area contributed by atoms with Crippen LogP contribution < -0.4 is 0 Å². The Labute approximate surface area is 117 Å². The van der Waals surface area contributed by atoms with Gasteiger partial charge in [-0.15, -0.1) is 0 Å². The quantitative estimate of drug-likeness (QED) is 0.904. The molecule has 0 saturated carbocycles. The number of piperidine rings is 1. The van der Waals surface area contributed by atoms with E-state index in [-0.39, 0.29) is 11.9 Å². The van der Waals surface area contributed by atoms with Crippen molar-refractivity contribution in [1.29, 1.82) is 0 Å². The lowest BCUT2D eigenvalue weighted by atomic mass is 9.96. The van der Waals surface area contributed by atoms with Gasteiger partial charge < -0.3 is 4.90 Å². The third-order valence-electron chi connectivity index (χ3n) is 3.91. The summed E-state index contributed by atoms with van der Waals surface area (Å²) in [6, 6.07) is 1.59. The molecule has 0 radical (unpaired) electrons. The van der Waals surface area contributed by atoms with E-state index in [1.54, 1.807) is 10.9 Å². The first-order valence-electron chi connectivity index (χ1n) is 6.89. The van der Waals surface area contributed by atoms with E-state index >= 15 is 0 Å². The minimum atomic E-state index is -0.244. The van der Waals surface area contributed by atoms with Gasteiger partial charge in [-0.25, -0.2) is 4.98 Å². The van der Waals surface area contributed by atoms with Gasteiger partial charge in [-0.1, -0.05) is 0 Å². The van der Waals surface area contributed by atoms with Gasteiger partial charge in [0.25, 0.3) is 0 Å². The molecule has 0 aromatic carbocycles. The van der Waals surface area contributed by atoms with E-state index in [0.29, 0.717) is 5.92 Å². The molecule has 2 aromatic rings. The summed E-state index contributed by atoms with van der Waals surface area (Å²) in [6.45, 7) is 3.41. The number of carbonyl (C=O) groups is 1. The number of aromatic amines is 1. The van der Waals surface area contributed by atoms with Crippen molar-refractivity contribution in [3.63, 3.8) is 0 Å². The zero-order valence-electron chi connectivity index (χ0n) is 11.4. The summed E-state index contributed by atoms with van der Waals surface area (Å²) in [5.74, 6) is 1.43. The largest absolute Gasteiger partial charge is 0.341 e. The number of hydrogen-bond acceptors (Lipinski definition) is 4. The fourth-order valence-corrected chi connectivity index (χ4v) is 2.67. The Kier molecular flexibility index (Phi) is 3.49. The summed E-state index contributed by atoms with van der Waals surface area (Å²) >= 11 is 0. The van der Waals surface area contributed by atoms with Gasteiger partial charge in [0.05, 0.1) is 0 Å². The standard InChI is InChI=1S/C13H18N6O/c1-10(19-6-2-5-16-19)13(20)18-7-3-11(4-8-18)12-14-9-15-17-12/h2,5-6,9-11H,3-4,7-8H2,1H3,(H,14,15,17)/t10-/m1/s1. The third-order valence-corrected chi connectivity index (χ3v) is 3.91. The monoisotopic (exact) mass is 274 g/mol. The molecule has 7 nitrogen and oxygen atoms in total. The average Bonchev–Trinajstić information content (AvgIpc) is 3.18. The van der Waals surface area contributed by atoms with Crippen LogP contribution >= 0.6 is 0 Å². The zero-order valence-corrected chi connectivity index (χ0v) is 11.4. The molecular weight excluding hydrogens is 256 g/mol. The summed E-state index contributed by atoms with van der Waals surface area (Å²) in [5, 5.41) is 10.9. The lowest BCUT2D eigenvalue weighted by Crippen LogP contribution is -2.41. The summed E-state index contributed by atoms with van der Waals surface area (Å²) in [5.41, 5.74) is 0. The van der Waals surface area contributed by atoms with Crippen molar-refractivity contribution >= 4 is 5.91 Å². The number of amides is 1. The highest BCUT2D eigenvalue weighted by molar-refractivity contribution is 5.80. The van der Waals surface area contributed by atoms with E-state index in [4.69, 9.17) is 0 Å². The predicted molar refractivity (Wildman–Crippen MR) is 71.9 cm³/mol. The highest BCUT2D eigenvalue weighted by Crippen LogP contribution is 2.26. The van der Waals surface area contributed by atoms with Gasteiger partial charge in [0.2, 0.25) is 5.91 Å². The molecule has 1 aliphatic heterocycles. The number of nitrogens with one attached hydrogen (secondary N) is 1. The Morgan fingerprint density at radius 3 is 2.85 bits per heavy atom. The second-order valence-electron chi connectivity index (χ2n) is 5.13. The number of nitrogens with zero attached hydrogens (tertiary/aromatic N) is 5. The Morgan fingerprint density at radius 2 is 2.25 bits per heavy atom. The molecule has 0 aliphatic carbocycles. The summed E-state index contributed by atoms with van der Waals surface area (Å²) < 4.78 is 1.70. The van der Waals surface area contributed by atoms with Crippen molar-refractivity contribution in [2.24, 2.45) is 0 Å². The fraction of sp³-hybridized carbons (Fsp3) is 0.538. The topological polar surface area (TPSA) is 79.7 Å². The smallest absolute Gasteiger partial charge is 0.247 e. The summed E-state index contributed by atoms with van der Waals surface area (Å²) in [7, 11) is 0. The second kappa shape index (κ2) is 5.44. The third kappa shape index (κ3) is 2.43. The number of H-pyrrole nitrogens is 1. The normalized spacial score (nSPS) is 18.1. The van der Waals surface area contributed by atoms with Crippen LogP contribution in [-0.4, -0.2) is 48.9 Å².